The molecule has 0 spiro atoms. The van der Waals surface area contributed by atoms with Gasteiger partial charge in [-0.2, -0.15) is 0 Å². The van der Waals surface area contributed by atoms with E-state index in [0.29, 0.717) is 25.4 Å². The lowest BCUT2D eigenvalue weighted by molar-refractivity contribution is -0.125. The van der Waals surface area contributed by atoms with Crippen molar-refractivity contribution in [3.05, 3.63) is 35.9 Å². The van der Waals surface area contributed by atoms with Crippen molar-refractivity contribution in [2.24, 2.45) is 5.92 Å². The SMILES string of the molecule is CC(C)CCNC(=O)[C@@H]1CCCN1C(=O)OCc1ccccc1. The van der Waals surface area contributed by atoms with Crippen LogP contribution >= 0.6 is 0 Å². The number of benzene rings is 1. The molecular weight excluding hydrogens is 292 g/mol. The molecule has 0 saturated carbocycles. The maximum absolute atomic E-state index is 12.3. The van der Waals surface area contributed by atoms with E-state index in [4.69, 9.17) is 4.74 Å². The van der Waals surface area contributed by atoms with Gasteiger partial charge in [0.15, 0.2) is 0 Å². The fourth-order valence-corrected chi connectivity index (χ4v) is 2.66. The van der Waals surface area contributed by atoms with Crippen LogP contribution in [0.4, 0.5) is 4.79 Å². The molecule has 0 aliphatic carbocycles. The van der Waals surface area contributed by atoms with Crippen LogP contribution in [0.25, 0.3) is 0 Å². The van der Waals surface area contributed by atoms with E-state index in [1.165, 1.54) is 0 Å². The molecule has 0 unspecified atom stereocenters. The number of ether oxygens (including phenoxy) is 1. The van der Waals surface area contributed by atoms with Crippen LogP contribution in [0.5, 0.6) is 0 Å². The normalized spacial score (nSPS) is 17.3. The van der Waals surface area contributed by atoms with Crippen molar-refractivity contribution < 1.29 is 14.3 Å². The summed E-state index contributed by atoms with van der Waals surface area (Å²) in [4.78, 5) is 26.0. The first-order valence-electron chi connectivity index (χ1n) is 8.33. The summed E-state index contributed by atoms with van der Waals surface area (Å²) < 4.78 is 5.34. The predicted octanol–water partition coefficient (Wildman–Crippen LogP) is 2.95. The third kappa shape index (κ3) is 5.27. The second kappa shape index (κ2) is 8.56. The van der Waals surface area contributed by atoms with Gasteiger partial charge in [0, 0.05) is 13.1 Å². The number of carbonyl (C=O) groups is 2. The minimum absolute atomic E-state index is 0.0696. The molecule has 1 heterocycles. The fraction of sp³-hybridized carbons (Fsp3) is 0.556. The van der Waals surface area contributed by atoms with Crippen molar-refractivity contribution in [1.82, 2.24) is 10.2 Å². The number of likely N-dealkylation sites (tertiary alicyclic amines) is 1. The zero-order chi connectivity index (χ0) is 16.7. The number of hydrogen-bond acceptors (Lipinski definition) is 3. The molecule has 1 N–H and O–H groups in total. The van der Waals surface area contributed by atoms with Gasteiger partial charge in [0.1, 0.15) is 12.6 Å². The van der Waals surface area contributed by atoms with E-state index in [-0.39, 0.29) is 12.5 Å². The van der Waals surface area contributed by atoms with E-state index in [1.807, 2.05) is 30.3 Å². The van der Waals surface area contributed by atoms with Gasteiger partial charge in [0.05, 0.1) is 0 Å². The topological polar surface area (TPSA) is 58.6 Å². The summed E-state index contributed by atoms with van der Waals surface area (Å²) in [6.45, 7) is 5.71. The summed E-state index contributed by atoms with van der Waals surface area (Å²) >= 11 is 0. The number of hydrogen-bond donors (Lipinski definition) is 1. The van der Waals surface area contributed by atoms with E-state index < -0.39 is 12.1 Å². The monoisotopic (exact) mass is 318 g/mol. The predicted molar refractivity (Wildman–Crippen MR) is 88.8 cm³/mol. The Labute approximate surface area is 138 Å². The van der Waals surface area contributed by atoms with Gasteiger partial charge in [-0.05, 0) is 30.7 Å². The highest BCUT2D eigenvalue weighted by molar-refractivity contribution is 5.86. The summed E-state index contributed by atoms with van der Waals surface area (Å²) in [6.07, 6.45) is 2.07. The lowest BCUT2D eigenvalue weighted by atomic mass is 10.1. The van der Waals surface area contributed by atoms with Gasteiger partial charge in [-0.1, -0.05) is 44.2 Å². The molecule has 5 nitrogen and oxygen atoms in total. The van der Waals surface area contributed by atoms with Crippen molar-refractivity contribution in [2.75, 3.05) is 13.1 Å². The Bertz CT molecular complexity index is 516. The lowest BCUT2D eigenvalue weighted by Gasteiger charge is -2.23. The second-order valence-electron chi connectivity index (χ2n) is 6.37. The van der Waals surface area contributed by atoms with Crippen molar-refractivity contribution in [3.8, 4) is 0 Å². The summed E-state index contributed by atoms with van der Waals surface area (Å²) in [7, 11) is 0. The van der Waals surface area contributed by atoms with E-state index in [0.717, 1.165) is 18.4 Å². The van der Waals surface area contributed by atoms with Crippen LogP contribution in [0, 0.1) is 5.92 Å². The number of carbonyl (C=O) groups excluding carboxylic acids is 2. The molecule has 1 aliphatic rings. The van der Waals surface area contributed by atoms with Gasteiger partial charge in [0.2, 0.25) is 5.91 Å². The van der Waals surface area contributed by atoms with Crippen molar-refractivity contribution >= 4 is 12.0 Å². The Kier molecular flexibility index (Phi) is 6.44. The fourth-order valence-electron chi connectivity index (χ4n) is 2.66. The molecule has 1 saturated heterocycles. The number of rotatable bonds is 6. The molecule has 1 fully saturated rings. The molecule has 126 valence electrons. The third-order valence-corrected chi connectivity index (χ3v) is 4.02. The van der Waals surface area contributed by atoms with Crippen molar-refractivity contribution in [1.29, 1.82) is 0 Å². The van der Waals surface area contributed by atoms with Gasteiger partial charge in [-0.25, -0.2) is 4.79 Å². The molecule has 1 atom stereocenters. The molecule has 0 aromatic heterocycles. The standard InChI is InChI=1S/C18H26N2O3/c1-14(2)10-11-19-17(21)16-9-6-12-20(16)18(22)23-13-15-7-4-3-5-8-15/h3-5,7-8,14,16H,6,9-13H2,1-2H3,(H,19,21)/t16-/m0/s1. The highest BCUT2D eigenvalue weighted by Crippen LogP contribution is 2.19. The zero-order valence-electron chi connectivity index (χ0n) is 14.0. The van der Waals surface area contributed by atoms with Crippen LogP contribution in [0.2, 0.25) is 0 Å². The first-order valence-corrected chi connectivity index (χ1v) is 8.33. The Morgan fingerprint density at radius 3 is 2.74 bits per heavy atom. The van der Waals surface area contributed by atoms with Crippen LogP contribution in [-0.4, -0.2) is 36.0 Å². The van der Waals surface area contributed by atoms with E-state index >= 15 is 0 Å². The first kappa shape index (κ1) is 17.3. The minimum Gasteiger partial charge on any atom is -0.445 e. The van der Waals surface area contributed by atoms with Gasteiger partial charge in [-0.3, -0.25) is 9.69 Å². The average molecular weight is 318 g/mol. The lowest BCUT2D eigenvalue weighted by Crippen LogP contribution is -2.46. The van der Waals surface area contributed by atoms with Gasteiger partial charge >= 0.3 is 6.09 Å². The van der Waals surface area contributed by atoms with Crippen LogP contribution < -0.4 is 5.32 Å². The van der Waals surface area contributed by atoms with Crippen LogP contribution in [0.1, 0.15) is 38.7 Å². The molecule has 5 heteroatoms. The average Bonchev–Trinajstić information content (AvgIpc) is 3.03. The van der Waals surface area contributed by atoms with Gasteiger partial charge < -0.3 is 10.1 Å². The van der Waals surface area contributed by atoms with Crippen LogP contribution in [0.3, 0.4) is 0 Å². The summed E-state index contributed by atoms with van der Waals surface area (Å²) in [5.74, 6) is 0.477. The molecule has 1 aromatic carbocycles. The summed E-state index contributed by atoms with van der Waals surface area (Å²) in [5, 5.41) is 2.93. The van der Waals surface area contributed by atoms with Gasteiger partial charge in [-0.15, -0.1) is 0 Å². The summed E-state index contributed by atoms with van der Waals surface area (Å²) in [5.41, 5.74) is 0.943. The van der Waals surface area contributed by atoms with Crippen molar-refractivity contribution in [3.63, 3.8) is 0 Å². The number of amides is 2. The molecule has 2 rings (SSSR count). The number of nitrogens with one attached hydrogen (secondary N) is 1. The van der Waals surface area contributed by atoms with E-state index in [9.17, 15) is 9.59 Å². The first-order chi connectivity index (χ1) is 11.1. The van der Waals surface area contributed by atoms with Crippen LogP contribution in [0.15, 0.2) is 30.3 Å². The zero-order valence-corrected chi connectivity index (χ0v) is 14.0. The van der Waals surface area contributed by atoms with E-state index in [1.54, 1.807) is 4.90 Å². The molecule has 0 bridgehead atoms. The van der Waals surface area contributed by atoms with Crippen LogP contribution in [-0.2, 0) is 16.1 Å². The largest absolute Gasteiger partial charge is 0.445 e. The second-order valence-corrected chi connectivity index (χ2v) is 6.37. The smallest absolute Gasteiger partial charge is 0.410 e. The molecule has 1 aliphatic heterocycles. The molecule has 1 aromatic rings. The molecule has 23 heavy (non-hydrogen) atoms. The Morgan fingerprint density at radius 2 is 2.04 bits per heavy atom. The Hall–Kier alpha value is -2.04. The summed E-state index contributed by atoms with van der Waals surface area (Å²) in [6, 6.07) is 9.16. The maximum Gasteiger partial charge on any atom is 0.410 e. The molecule has 0 radical (unpaired) electrons. The molecule has 2 amide bonds. The van der Waals surface area contributed by atoms with Crippen molar-refractivity contribution in [2.45, 2.75) is 45.8 Å². The number of nitrogens with zero attached hydrogens (tertiary/aromatic N) is 1. The molecular formula is C18H26N2O3. The highest BCUT2D eigenvalue weighted by Gasteiger charge is 2.34. The Balaban J connectivity index is 1.82. The van der Waals surface area contributed by atoms with E-state index in [2.05, 4.69) is 19.2 Å². The maximum atomic E-state index is 12.3. The highest BCUT2D eigenvalue weighted by atomic mass is 16.6. The quantitative estimate of drug-likeness (QED) is 0.877. The Morgan fingerprint density at radius 1 is 1.30 bits per heavy atom. The third-order valence-electron chi connectivity index (χ3n) is 4.02. The minimum atomic E-state index is -0.407. The van der Waals surface area contributed by atoms with Gasteiger partial charge in [0.25, 0.3) is 0 Å².